The normalized spacial score (nSPS) is 10.5. The lowest BCUT2D eigenvalue weighted by molar-refractivity contribution is 0.919. The molecule has 2 aromatic rings. The average molecular weight is 229 g/mol. The van der Waals surface area contributed by atoms with Crippen molar-refractivity contribution in [3.05, 3.63) is 41.7 Å². The Morgan fingerprint density at radius 2 is 1.94 bits per heavy atom. The van der Waals surface area contributed by atoms with E-state index in [-0.39, 0.29) is 0 Å². The Morgan fingerprint density at radius 3 is 2.47 bits per heavy atom. The lowest BCUT2D eigenvalue weighted by atomic mass is 10.1. The second kappa shape index (κ2) is 5.04. The Bertz CT molecular complexity index is 483. The van der Waals surface area contributed by atoms with Crippen LogP contribution >= 0.6 is 0 Å². The van der Waals surface area contributed by atoms with Crippen LogP contribution in [-0.4, -0.2) is 9.55 Å². The number of nitrogens with one attached hydrogen (secondary N) is 1. The van der Waals surface area contributed by atoms with Crippen molar-refractivity contribution in [1.29, 1.82) is 0 Å². The van der Waals surface area contributed by atoms with Gasteiger partial charge in [-0.25, -0.2) is 4.98 Å². The Hall–Kier alpha value is -1.77. The van der Waals surface area contributed by atoms with E-state index in [2.05, 4.69) is 41.5 Å². The van der Waals surface area contributed by atoms with Crippen molar-refractivity contribution in [2.45, 2.75) is 26.7 Å². The van der Waals surface area contributed by atoms with Crippen LogP contribution in [0.5, 0.6) is 0 Å². The average Bonchev–Trinajstić information content (AvgIpc) is 2.61. The van der Waals surface area contributed by atoms with Crippen LogP contribution in [0.2, 0.25) is 0 Å². The lowest BCUT2D eigenvalue weighted by Crippen LogP contribution is -1.98. The van der Waals surface area contributed by atoms with Crippen molar-refractivity contribution in [3.63, 3.8) is 0 Å². The van der Waals surface area contributed by atoms with E-state index in [4.69, 9.17) is 0 Å². The number of imidazole rings is 1. The lowest BCUT2D eigenvalue weighted by Gasteiger charge is -2.06. The number of aromatic nitrogens is 2. The Balaban J connectivity index is 2.11. The van der Waals surface area contributed by atoms with Crippen LogP contribution in [0.4, 0.5) is 11.6 Å². The molecule has 0 saturated heterocycles. The molecule has 90 valence electrons. The maximum Gasteiger partial charge on any atom is 0.207 e. The van der Waals surface area contributed by atoms with E-state index in [1.54, 1.807) is 0 Å². The molecule has 0 bridgehead atoms. The van der Waals surface area contributed by atoms with E-state index < -0.39 is 0 Å². The minimum Gasteiger partial charge on any atom is -0.326 e. The number of benzene rings is 1. The minimum absolute atomic E-state index is 0.880. The van der Waals surface area contributed by atoms with Crippen molar-refractivity contribution in [1.82, 2.24) is 9.55 Å². The Labute approximate surface area is 103 Å². The van der Waals surface area contributed by atoms with Crippen LogP contribution in [0.1, 0.15) is 24.6 Å². The molecular formula is C14H19N3. The molecular weight excluding hydrogens is 210 g/mol. The van der Waals surface area contributed by atoms with Crippen LogP contribution < -0.4 is 5.32 Å². The second-order valence-corrected chi connectivity index (χ2v) is 4.39. The molecule has 0 aliphatic rings. The first kappa shape index (κ1) is 11.7. The highest BCUT2D eigenvalue weighted by atomic mass is 15.2. The van der Waals surface area contributed by atoms with Crippen molar-refractivity contribution >= 4 is 11.6 Å². The van der Waals surface area contributed by atoms with Gasteiger partial charge in [-0.1, -0.05) is 25.5 Å². The number of hydrogen-bond acceptors (Lipinski definition) is 2. The van der Waals surface area contributed by atoms with Crippen LogP contribution in [-0.2, 0) is 13.5 Å². The van der Waals surface area contributed by atoms with Crippen molar-refractivity contribution < 1.29 is 0 Å². The molecule has 3 nitrogen and oxygen atoms in total. The van der Waals surface area contributed by atoms with Gasteiger partial charge in [0.2, 0.25) is 5.95 Å². The van der Waals surface area contributed by atoms with E-state index in [1.165, 1.54) is 12.0 Å². The van der Waals surface area contributed by atoms with Crippen LogP contribution in [0.15, 0.2) is 30.5 Å². The van der Waals surface area contributed by atoms with E-state index >= 15 is 0 Å². The zero-order valence-corrected chi connectivity index (χ0v) is 10.7. The molecule has 0 atom stereocenters. The zero-order chi connectivity index (χ0) is 12.3. The predicted molar refractivity (Wildman–Crippen MR) is 71.7 cm³/mol. The molecule has 0 radical (unpaired) electrons. The molecule has 17 heavy (non-hydrogen) atoms. The van der Waals surface area contributed by atoms with Gasteiger partial charge in [0.25, 0.3) is 0 Å². The summed E-state index contributed by atoms with van der Waals surface area (Å²) in [4.78, 5) is 4.42. The topological polar surface area (TPSA) is 29.9 Å². The maximum absolute atomic E-state index is 4.42. The van der Waals surface area contributed by atoms with Gasteiger partial charge in [0.15, 0.2) is 0 Å². The summed E-state index contributed by atoms with van der Waals surface area (Å²) >= 11 is 0. The monoisotopic (exact) mass is 229 g/mol. The van der Waals surface area contributed by atoms with Gasteiger partial charge < -0.3 is 9.88 Å². The predicted octanol–water partition coefficient (Wildman–Crippen LogP) is 3.42. The van der Waals surface area contributed by atoms with Gasteiger partial charge in [0, 0.05) is 18.9 Å². The van der Waals surface area contributed by atoms with Gasteiger partial charge >= 0.3 is 0 Å². The first-order valence-electron chi connectivity index (χ1n) is 6.05. The summed E-state index contributed by atoms with van der Waals surface area (Å²) in [5, 5.41) is 3.31. The molecule has 1 heterocycles. The van der Waals surface area contributed by atoms with Crippen molar-refractivity contribution in [2.24, 2.45) is 7.05 Å². The van der Waals surface area contributed by atoms with Gasteiger partial charge in [-0.2, -0.15) is 0 Å². The molecule has 0 spiro atoms. The summed E-state index contributed by atoms with van der Waals surface area (Å²) < 4.78 is 2.00. The molecule has 1 aromatic heterocycles. The molecule has 3 heteroatoms. The molecule has 1 aromatic carbocycles. The summed E-state index contributed by atoms with van der Waals surface area (Å²) in [6, 6.07) is 8.55. The standard InChI is InChI=1S/C14H19N3/c1-4-5-12-6-8-13(9-7-12)16-14-15-11(2)10-17(14)3/h6-10H,4-5H2,1-3H3,(H,15,16). The molecule has 1 N–H and O–H groups in total. The molecule has 2 rings (SSSR count). The first-order valence-corrected chi connectivity index (χ1v) is 6.05. The minimum atomic E-state index is 0.880. The SMILES string of the molecule is CCCc1ccc(Nc2nc(C)cn2C)cc1. The summed E-state index contributed by atoms with van der Waals surface area (Å²) in [5.41, 5.74) is 3.49. The van der Waals surface area contributed by atoms with Gasteiger partial charge in [-0.15, -0.1) is 0 Å². The summed E-state index contributed by atoms with van der Waals surface area (Å²) in [6.45, 7) is 4.19. The highest BCUT2D eigenvalue weighted by Gasteiger charge is 2.02. The fourth-order valence-electron chi connectivity index (χ4n) is 1.90. The fraction of sp³-hybridized carbons (Fsp3) is 0.357. The molecule has 0 unspecified atom stereocenters. The number of nitrogens with zero attached hydrogens (tertiary/aromatic N) is 2. The van der Waals surface area contributed by atoms with Crippen LogP contribution in [0, 0.1) is 6.92 Å². The zero-order valence-electron chi connectivity index (χ0n) is 10.7. The molecule has 0 aliphatic carbocycles. The maximum atomic E-state index is 4.42. The molecule has 0 aliphatic heterocycles. The van der Waals surface area contributed by atoms with Gasteiger partial charge in [0.05, 0.1) is 5.69 Å². The van der Waals surface area contributed by atoms with E-state index in [0.29, 0.717) is 0 Å². The highest BCUT2D eigenvalue weighted by Crippen LogP contribution is 2.16. The molecule has 0 amide bonds. The quantitative estimate of drug-likeness (QED) is 0.870. The third-order valence-corrected chi connectivity index (χ3v) is 2.75. The van der Waals surface area contributed by atoms with E-state index in [0.717, 1.165) is 23.8 Å². The van der Waals surface area contributed by atoms with Crippen molar-refractivity contribution in [3.8, 4) is 0 Å². The number of rotatable bonds is 4. The summed E-state index contributed by atoms with van der Waals surface area (Å²) in [7, 11) is 1.99. The summed E-state index contributed by atoms with van der Waals surface area (Å²) in [5.74, 6) is 0.880. The van der Waals surface area contributed by atoms with Crippen LogP contribution in [0.25, 0.3) is 0 Å². The number of hydrogen-bond donors (Lipinski definition) is 1. The molecule has 0 saturated carbocycles. The fourth-order valence-corrected chi connectivity index (χ4v) is 1.90. The van der Waals surface area contributed by atoms with Crippen LogP contribution in [0.3, 0.4) is 0 Å². The van der Waals surface area contributed by atoms with Gasteiger partial charge in [-0.05, 0) is 31.0 Å². The Kier molecular flexibility index (Phi) is 3.47. The number of anilines is 2. The first-order chi connectivity index (χ1) is 8.19. The second-order valence-electron chi connectivity index (χ2n) is 4.39. The van der Waals surface area contributed by atoms with Gasteiger partial charge in [0.1, 0.15) is 0 Å². The molecule has 0 fully saturated rings. The van der Waals surface area contributed by atoms with E-state index in [9.17, 15) is 0 Å². The largest absolute Gasteiger partial charge is 0.326 e. The third-order valence-electron chi connectivity index (χ3n) is 2.75. The highest BCUT2D eigenvalue weighted by molar-refractivity contribution is 5.54. The summed E-state index contributed by atoms with van der Waals surface area (Å²) in [6.07, 6.45) is 4.33. The third kappa shape index (κ3) is 2.87. The Morgan fingerprint density at radius 1 is 1.24 bits per heavy atom. The number of aryl methyl sites for hydroxylation is 3. The van der Waals surface area contributed by atoms with Crippen molar-refractivity contribution in [2.75, 3.05) is 5.32 Å². The van der Waals surface area contributed by atoms with E-state index in [1.807, 2.05) is 24.7 Å². The smallest absolute Gasteiger partial charge is 0.207 e. The van der Waals surface area contributed by atoms with Gasteiger partial charge in [-0.3, -0.25) is 0 Å².